The van der Waals surface area contributed by atoms with E-state index in [1.807, 2.05) is 24.1 Å². The lowest BCUT2D eigenvalue weighted by Gasteiger charge is -2.43. The molecule has 25 heavy (non-hydrogen) atoms. The lowest BCUT2D eigenvalue weighted by atomic mass is 9.63. The zero-order valence-electron chi connectivity index (χ0n) is 15.8. The Balaban J connectivity index is 2.01. The summed E-state index contributed by atoms with van der Waals surface area (Å²) in [6.45, 7) is 11.5. The van der Waals surface area contributed by atoms with Crippen LogP contribution in [0, 0.1) is 5.92 Å². The molecule has 1 aromatic carbocycles. The number of aromatic carboxylic acids is 1. The van der Waals surface area contributed by atoms with E-state index in [0.29, 0.717) is 11.5 Å². The van der Waals surface area contributed by atoms with E-state index in [0.717, 1.165) is 17.2 Å². The maximum Gasteiger partial charge on any atom is 0.335 e. The molecule has 2 aromatic rings. The van der Waals surface area contributed by atoms with Crippen LogP contribution < -0.4 is 4.90 Å². The molecule has 1 atom stereocenters. The van der Waals surface area contributed by atoms with E-state index in [1.54, 1.807) is 23.5 Å². The number of fused-ring (bicyclic) bond motifs is 1. The Kier molecular flexibility index (Phi) is 4.18. The van der Waals surface area contributed by atoms with Gasteiger partial charge in [0.15, 0.2) is 5.13 Å². The summed E-state index contributed by atoms with van der Waals surface area (Å²) in [5.74, 6) is -0.332. The number of aromatic nitrogens is 1. The van der Waals surface area contributed by atoms with Crippen LogP contribution in [0.4, 0.5) is 10.8 Å². The number of hydrogen-bond donors (Lipinski definition) is 1. The van der Waals surface area contributed by atoms with Crippen LogP contribution in [0.25, 0.3) is 0 Å². The number of rotatable bonds is 3. The van der Waals surface area contributed by atoms with Gasteiger partial charge in [-0.15, -0.1) is 11.3 Å². The predicted octanol–water partition coefficient (Wildman–Crippen LogP) is 5.20. The third kappa shape index (κ3) is 2.95. The summed E-state index contributed by atoms with van der Waals surface area (Å²) in [6, 6.07) is 6.95. The van der Waals surface area contributed by atoms with Gasteiger partial charge in [0.1, 0.15) is 0 Å². The molecule has 5 heteroatoms. The third-order valence-corrected chi connectivity index (χ3v) is 7.18. The fourth-order valence-electron chi connectivity index (χ4n) is 3.63. The fourth-order valence-corrected chi connectivity index (χ4v) is 4.96. The lowest BCUT2D eigenvalue weighted by Crippen LogP contribution is -2.39. The molecular formula is C20H26N2O2S. The van der Waals surface area contributed by atoms with Crippen molar-refractivity contribution in [2.45, 2.75) is 51.9 Å². The second-order valence-electron chi connectivity index (χ2n) is 8.30. The zero-order valence-corrected chi connectivity index (χ0v) is 16.6. The molecule has 1 aliphatic carbocycles. The Morgan fingerprint density at radius 1 is 1.24 bits per heavy atom. The molecule has 0 saturated carbocycles. The molecule has 0 fully saturated rings. The van der Waals surface area contributed by atoms with E-state index in [4.69, 9.17) is 10.1 Å². The highest BCUT2D eigenvalue weighted by atomic mass is 32.1. The van der Waals surface area contributed by atoms with Crippen LogP contribution in [0.15, 0.2) is 24.3 Å². The highest BCUT2D eigenvalue weighted by Gasteiger charge is 2.45. The Morgan fingerprint density at radius 3 is 2.40 bits per heavy atom. The third-order valence-electron chi connectivity index (χ3n) is 5.68. The van der Waals surface area contributed by atoms with Gasteiger partial charge in [-0.1, -0.05) is 34.6 Å². The Morgan fingerprint density at radius 2 is 1.84 bits per heavy atom. The van der Waals surface area contributed by atoms with Crippen molar-refractivity contribution in [2.24, 2.45) is 5.92 Å². The Bertz CT molecular complexity index is 806. The van der Waals surface area contributed by atoms with E-state index in [1.165, 1.54) is 10.6 Å². The number of hydrogen-bond acceptors (Lipinski definition) is 4. The van der Waals surface area contributed by atoms with Crippen LogP contribution in [0.3, 0.4) is 0 Å². The molecule has 1 unspecified atom stereocenters. The van der Waals surface area contributed by atoms with Crippen LogP contribution in [0.5, 0.6) is 0 Å². The van der Waals surface area contributed by atoms with Crippen molar-refractivity contribution >= 4 is 28.1 Å². The van der Waals surface area contributed by atoms with E-state index in [9.17, 15) is 4.79 Å². The van der Waals surface area contributed by atoms with Gasteiger partial charge in [-0.3, -0.25) is 0 Å². The SMILES string of the molecule is CC1CC(C)(C)c2sc(N(C)c3ccc(C(=O)O)cc3)nc2C1(C)C. The zero-order chi connectivity index (χ0) is 18.6. The largest absolute Gasteiger partial charge is 0.478 e. The molecule has 0 saturated heterocycles. The van der Waals surface area contributed by atoms with Crippen LogP contribution >= 0.6 is 11.3 Å². The van der Waals surface area contributed by atoms with Crippen molar-refractivity contribution in [1.29, 1.82) is 0 Å². The predicted molar refractivity (Wildman–Crippen MR) is 103 cm³/mol. The summed E-state index contributed by atoms with van der Waals surface area (Å²) in [5.41, 5.74) is 2.65. The van der Waals surface area contributed by atoms with Crippen LogP contribution in [-0.4, -0.2) is 23.1 Å². The van der Waals surface area contributed by atoms with E-state index in [2.05, 4.69) is 34.6 Å². The first-order valence-corrected chi connectivity index (χ1v) is 9.44. The number of carboxylic acids is 1. The van der Waals surface area contributed by atoms with Gasteiger partial charge < -0.3 is 10.0 Å². The van der Waals surface area contributed by atoms with Crippen molar-refractivity contribution in [3.8, 4) is 0 Å². The maximum absolute atomic E-state index is 11.0. The first kappa shape index (κ1) is 17.9. The van der Waals surface area contributed by atoms with Gasteiger partial charge in [-0.25, -0.2) is 9.78 Å². The summed E-state index contributed by atoms with van der Waals surface area (Å²) >= 11 is 1.76. The van der Waals surface area contributed by atoms with Gasteiger partial charge in [0.2, 0.25) is 0 Å². The van der Waals surface area contributed by atoms with Gasteiger partial charge in [-0.2, -0.15) is 0 Å². The minimum atomic E-state index is -0.906. The average molecular weight is 359 g/mol. The molecule has 0 aliphatic heterocycles. The van der Waals surface area contributed by atoms with Gasteiger partial charge >= 0.3 is 5.97 Å². The first-order chi connectivity index (χ1) is 11.5. The van der Waals surface area contributed by atoms with Crippen LogP contribution in [0.2, 0.25) is 0 Å². The summed E-state index contributed by atoms with van der Waals surface area (Å²) in [4.78, 5) is 19.5. The second kappa shape index (κ2) is 5.84. The Labute approximate surface area is 153 Å². The number of benzene rings is 1. The number of carboxylic acid groups (broad SMARTS) is 1. The second-order valence-corrected chi connectivity index (χ2v) is 9.27. The molecule has 0 radical (unpaired) electrons. The topological polar surface area (TPSA) is 53.4 Å². The molecular weight excluding hydrogens is 332 g/mol. The molecule has 0 spiro atoms. The van der Waals surface area contributed by atoms with Crippen molar-refractivity contribution in [3.63, 3.8) is 0 Å². The van der Waals surface area contributed by atoms with Crippen molar-refractivity contribution in [3.05, 3.63) is 40.4 Å². The van der Waals surface area contributed by atoms with Gasteiger partial charge in [0, 0.05) is 28.4 Å². The molecule has 1 aromatic heterocycles. The average Bonchev–Trinajstić information content (AvgIpc) is 3.00. The smallest absolute Gasteiger partial charge is 0.335 e. The van der Waals surface area contributed by atoms with E-state index in [-0.39, 0.29) is 10.8 Å². The van der Waals surface area contributed by atoms with Crippen molar-refractivity contribution in [1.82, 2.24) is 4.98 Å². The fraction of sp³-hybridized carbons (Fsp3) is 0.500. The normalized spacial score (nSPS) is 20.8. The number of anilines is 2. The summed E-state index contributed by atoms with van der Waals surface area (Å²) < 4.78 is 0. The lowest BCUT2D eigenvalue weighted by molar-refractivity contribution is 0.0697. The standard InChI is InChI=1S/C20H26N2O2S/c1-12-11-19(2,3)16-15(20(12,4)5)21-18(25-16)22(6)14-9-7-13(8-10-14)17(23)24/h7-10,12H,11H2,1-6H3,(H,23,24). The molecule has 1 heterocycles. The Hall–Kier alpha value is -1.88. The van der Waals surface area contributed by atoms with Gasteiger partial charge in [-0.05, 0) is 36.6 Å². The minimum absolute atomic E-state index is 0.0631. The molecule has 4 nitrogen and oxygen atoms in total. The molecule has 0 amide bonds. The van der Waals surface area contributed by atoms with Gasteiger partial charge in [0.05, 0.1) is 11.3 Å². The van der Waals surface area contributed by atoms with E-state index >= 15 is 0 Å². The molecule has 3 rings (SSSR count). The highest BCUT2D eigenvalue weighted by Crippen LogP contribution is 2.52. The van der Waals surface area contributed by atoms with Gasteiger partial charge in [0.25, 0.3) is 0 Å². The minimum Gasteiger partial charge on any atom is -0.478 e. The van der Waals surface area contributed by atoms with E-state index < -0.39 is 5.97 Å². The number of carbonyl (C=O) groups is 1. The van der Waals surface area contributed by atoms with Crippen LogP contribution in [0.1, 0.15) is 62.0 Å². The summed E-state index contributed by atoms with van der Waals surface area (Å²) in [7, 11) is 1.99. The molecule has 1 aliphatic rings. The monoisotopic (exact) mass is 358 g/mol. The molecule has 1 N–H and O–H groups in total. The van der Waals surface area contributed by atoms with Crippen molar-refractivity contribution < 1.29 is 9.90 Å². The van der Waals surface area contributed by atoms with Crippen LogP contribution in [-0.2, 0) is 10.8 Å². The molecule has 134 valence electrons. The summed E-state index contributed by atoms with van der Waals surface area (Å²) in [5, 5.41) is 10.0. The highest BCUT2D eigenvalue weighted by molar-refractivity contribution is 7.16. The number of nitrogens with zero attached hydrogens (tertiary/aromatic N) is 2. The van der Waals surface area contributed by atoms with Crippen molar-refractivity contribution in [2.75, 3.05) is 11.9 Å². The summed E-state index contributed by atoms with van der Waals surface area (Å²) in [6.07, 6.45) is 1.16. The quantitative estimate of drug-likeness (QED) is 0.819. The number of thiazole rings is 1. The maximum atomic E-state index is 11.0. The first-order valence-electron chi connectivity index (χ1n) is 8.63. The molecule has 0 bridgehead atoms.